The Kier molecular flexibility index (Phi) is 2.87. The molecule has 94 valence electrons. The van der Waals surface area contributed by atoms with E-state index in [1.54, 1.807) is 17.4 Å². The van der Waals surface area contributed by atoms with Crippen molar-refractivity contribution in [2.45, 2.75) is 31.7 Å². The smallest absolute Gasteiger partial charge is 0.136 e. The Morgan fingerprint density at radius 1 is 1.44 bits per heavy atom. The molecule has 1 unspecified atom stereocenters. The summed E-state index contributed by atoms with van der Waals surface area (Å²) in [6, 6.07) is 1.90. The topological polar surface area (TPSA) is 76.7 Å². The number of nitrogens with one attached hydrogen (secondary N) is 1. The zero-order chi connectivity index (χ0) is 12.5. The van der Waals surface area contributed by atoms with E-state index in [0.29, 0.717) is 11.7 Å². The van der Waals surface area contributed by atoms with E-state index in [0.717, 1.165) is 16.6 Å². The summed E-state index contributed by atoms with van der Waals surface area (Å²) in [5, 5.41) is 6.34. The Balaban J connectivity index is 1.79. The summed E-state index contributed by atoms with van der Waals surface area (Å²) in [6.07, 6.45) is 4.15. The van der Waals surface area contributed by atoms with Crippen LogP contribution < -0.4 is 11.1 Å². The third-order valence-electron chi connectivity index (χ3n) is 2.89. The Hall–Kier alpha value is -1.69. The van der Waals surface area contributed by atoms with Crippen LogP contribution in [0.4, 0.5) is 11.6 Å². The maximum absolute atomic E-state index is 5.82. The molecular weight excluding hydrogens is 246 g/mol. The Morgan fingerprint density at radius 2 is 2.28 bits per heavy atom. The van der Waals surface area contributed by atoms with Crippen LogP contribution in [0.1, 0.15) is 42.6 Å². The molecule has 5 nitrogen and oxygen atoms in total. The summed E-state index contributed by atoms with van der Waals surface area (Å²) in [5.74, 6) is 2.68. The third kappa shape index (κ3) is 2.43. The lowest BCUT2D eigenvalue weighted by Gasteiger charge is -2.13. The van der Waals surface area contributed by atoms with Gasteiger partial charge in [0.25, 0.3) is 0 Å². The number of nitrogens with two attached hydrogens (primary N) is 1. The first-order valence-corrected chi connectivity index (χ1v) is 6.90. The van der Waals surface area contributed by atoms with Crippen molar-refractivity contribution in [1.29, 1.82) is 0 Å². The summed E-state index contributed by atoms with van der Waals surface area (Å²) in [4.78, 5) is 13.1. The first-order chi connectivity index (χ1) is 8.72. The predicted molar refractivity (Wildman–Crippen MR) is 72.6 cm³/mol. The van der Waals surface area contributed by atoms with Crippen LogP contribution in [0.2, 0.25) is 0 Å². The number of nitrogen functional groups attached to an aromatic ring is 1. The van der Waals surface area contributed by atoms with E-state index in [1.165, 1.54) is 12.8 Å². The van der Waals surface area contributed by atoms with E-state index >= 15 is 0 Å². The minimum absolute atomic E-state index is 0.131. The molecule has 0 aromatic carbocycles. The van der Waals surface area contributed by atoms with Gasteiger partial charge in [-0.05, 0) is 19.8 Å². The van der Waals surface area contributed by atoms with Crippen molar-refractivity contribution in [3.63, 3.8) is 0 Å². The van der Waals surface area contributed by atoms with Gasteiger partial charge in [-0.15, -0.1) is 11.3 Å². The van der Waals surface area contributed by atoms with Gasteiger partial charge in [0.2, 0.25) is 0 Å². The summed E-state index contributed by atoms with van der Waals surface area (Å²) >= 11 is 1.63. The van der Waals surface area contributed by atoms with Crippen LogP contribution in [-0.2, 0) is 0 Å². The van der Waals surface area contributed by atoms with E-state index in [4.69, 9.17) is 5.73 Å². The zero-order valence-electron chi connectivity index (χ0n) is 10.1. The molecule has 6 heteroatoms. The molecule has 1 atom stereocenters. The van der Waals surface area contributed by atoms with E-state index in [9.17, 15) is 0 Å². The number of nitrogens with zero attached hydrogens (tertiary/aromatic N) is 3. The number of hydrogen-bond acceptors (Lipinski definition) is 6. The molecule has 0 saturated heterocycles. The first-order valence-electron chi connectivity index (χ1n) is 6.03. The average molecular weight is 261 g/mol. The second kappa shape index (κ2) is 4.53. The van der Waals surface area contributed by atoms with E-state index < -0.39 is 0 Å². The number of thiazole rings is 1. The molecule has 2 aromatic heterocycles. The average Bonchev–Trinajstić information content (AvgIpc) is 3.03. The van der Waals surface area contributed by atoms with Gasteiger partial charge in [0, 0.05) is 23.6 Å². The van der Waals surface area contributed by atoms with Crippen molar-refractivity contribution in [1.82, 2.24) is 15.0 Å². The molecule has 0 spiro atoms. The van der Waals surface area contributed by atoms with Gasteiger partial charge in [0.05, 0.1) is 6.04 Å². The zero-order valence-corrected chi connectivity index (χ0v) is 10.9. The van der Waals surface area contributed by atoms with Crippen molar-refractivity contribution >= 4 is 23.0 Å². The molecule has 2 aromatic rings. The minimum atomic E-state index is 0.131. The third-order valence-corrected chi connectivity index (χ3v) is 3.85. The molecule has 3 N–H and O–H groups in total. The van der Waals surface area contributed by atoms with E-state index in [-0.39, 0.29) is 6.04 Å². The number of rotatable bonds is 4. The van der Waals surface area contributed by atoms with Gasteiger partial charge in [0.1, 0.15) is 22.5 Å². The normalized spacial score (nSPS) is 16.5. The second-order valence-corrected chi connectivity index (χ2v) is 5.47. The minimum Gasteiger partial charge on any atom is -0.384 e. The molecule has 0 bridgehead atoms. The lowest BCUT2D eigenvalue weighted by Crippen LogP contribution is -2.10. The van der Waals surface area contributed by atoms with Crippen LogP contribution in [0.15, 0.2) is 17.6 Å². The lowest BCUT2D eigenvalue weighted by molar-refractivity contribution is 0.846. The van der Waals surface area contributed by atoms with Crippen LogP contribution in [0, 0.1) is 0 Å². The highest BCUT2D eigenvalue weighted by atomic mass is 32.1. The highest BCUT2D eigenvalue weighted by Gasteiger charge is 2.27. The fourth-order valence-corrected chi connectivity index (χ4v) is 2.46. The molecule has 1 saturated carbocycles. The summed E-state index contributed by atoms with van der Waals surface area (Å²) in [5.41, 5.74) is 5.82. The van der Waals surface area contributed by atoms with Gasteiger partial charge in [-0.25, -0.2) is 15.0 Å². The first kappa shape index (κ1) is 11.4. The molecule has 2 heterocycles. The van der Waals surface area contributed by atoms with Gasteiger partial charge < -0.3 is 11.1 Å². The van der Waals surface area contributed by atoms with Crippen molar-refractivity contribution < 1.29 is 0 Å². The standard InChI is InChI=1S/C12H15N5S/c1-7(12-14-4-5-18-12)15-10-6-9(13)16-11(17-10)8-2-3-8/h4-8H,2-3H2,1H3,(H3,13,15,16,17). The Bertz CT molecular complexity index is 535. The number of hydrogen-bond donors (Lipinski definition) is 2. The van der Waals surface area contributed by atoms with Crippen LogP contribution in [0.3, 0.4) is 0 Å². The second-order valence-electron chi connectivity index (χ2n) is 4.55. The molecule has 18 heavy (non-hydrogen) atoms. The summed E-state index contributed by atoms with van der Waals surface area (Å²) in [7, 11) is 0. The van der Waals surface area contributed by atoms with Crippen LogP contribution >= 0.6 is 11.3 Å². The molecule has 0 radical (unpaired) electrons. The lowest BCUT2D eigenvalue weighted by atomic mass is 10.3. The van der Waals surface area contributed by atoms with Gasteiger partial charge in [-0.2, -0.15) is 0 Å². The molecule has 3 rings (SSSR count). The Morgan fingerprint density at radius 3 is 2.94 bits per heavy atom. The molecule has 0 aliphatic heterocycles. The number of aromatic nitrogens is 3. The van der Waals surface area contributed by atoms with Gasteiger partial charge in [-0.3, -0.25) is 0 Å². The highest BCUT2D eigenvalue weighted by molar-refractivity contribution is 7.09. The van der Waals surface area contributed by atoms with Crippen LogP contribution in [-0.4, -0.2) is 15.0 Å². The quantitative estimate of drug-likeness (QED) is 0.884. The van der Waals surface area contributed by atoms with Gasteiger partial charge in [-0.1, -0.05) is 0 Å². The van der Waals surface area contributed by atoms with Crippen molar-refractivity contribution in [3.05, 3.63) is 28.5 Å². The predicted octanol–water partition coefficient (Wildman–Crippen LogP) is 2.57. The van der Waals surface area contributed by atoms with E-state index in [1.807, 2.05) is 11.6 Å². The van der Waals surface area contributed by atoms with Crippen molar-refractivity contribution in [3.8, 4) is 0 Å². The van der Waals surface area contributed by atoms with Crippen molar-refractivity contribution in [2.75, 3.05) is 11.1 Å². The fraction of sp³-hybridized carbons (Fsp3) is 0.417. The SMILES string of the molecule is CC(Nc1cc(N)nc(C2CC2)n1)c1nccs1. The largest absolute Gasteiger partial charge is 0.384 e. The summed E-state index contributed by atoms with van der Waals surface area (Å²) in [6.45, 7) is 2.06. The molecular formula is C12H15N5S. The molecule has 1 aliphatic carbocycles. The fourth-order valence-electron chi connectivity index (χ4n) is 1.82. The van der Waals surface area contributed by atoms with Gasteiger partial charge in [0.15, 0.2) is 0 Å². The van der Waals surface area contributed by atoms with E-state index in [2.05, 4.69) is 27.2 Å². The van der Waals surface area contributed by atoms with Crippen LogP contribution in [0.5, 0.6) is 0 Å². The van der Waals surface area contributed by atoms with Gasteiger partial charge >= 0.3 is 0 Å². The number of anilines is 2. The van der Waals surface area contributed by atoms with Crippen LogP contribution in [0.25, 0.3) is 0 Å². The monoisotopic (exact) mass is 261 g/mol. The molecule has 1 fully saturated rings. The summed E-state index contributed by atoms with van der Waals surface area (Å²) < 4.78 is 0. The molecule has 1 aliphatic rings. The Labute approximate surface area is 109 Å². The molecule has 0 amide bonds. The highest BCUT2D eigenvalue weighted by Crippen LogP contribution is 2.38. The van der Waals surface area contributed by atoms with Crippen molar-refractivity contribution in [2.24, 2.45) is 0 Å². The maximum Gasteiger partial charge on any atom is 0.136 e. The maximum atomic E-state index is 5.82.